The highest BCUT2D eigenvalue weighted by molar-refractivity contribution is 5.75. The van der Waals surface area contributed by atoms with E-state index in [1.54, 1.807) is 0 Å². The minimum Gasteiger partial charge on any atom is -0.481 e. The normalized spacial score (nSPS) is 12.4. The average molecular weight is 184 g/mol. The molecule has 0 fully saturated rings. The quantitative estimate of drug-likeness (QED) is 0.562. The number of H-pyrrole nitrogens is 2. The molecule has 6 heteroatoms. The summed E-state index contributed by atoms with van der Waals surface area (Å²) in [4.78, 5) is 32.3. The molecule has 0 aliphatic carbocycles. The molecule has 0 bridgehead atoms. The Morgan fingerprint density at radius 3 is 2.62 bits per heavy atom. The highest BCUT2D eigenvalue weighted by Crippen LogP contribution is 2.07. The van der Waals surface area contributed by atoms with E-state index in [9.17, 15) is 14.4 Å². The van der Waals surface area contributed by atoms with Gasteiger partial charge in [0.2, 0.25) is 0 Å². The first-order valence-electron chi connectivity index (χ1n) is 3.57. The minimum absolute atomic E-state index is 0.0451. The van der Waals surface area contributed by atoms with Gasteiger partial charge >= 0.3 is 5.97 Å². The number of aromatic nitrogens is 2. The van der Waals surface area contributed by atoms with Crippen molar-refractivity contribution in [3.8, 4) is 0 Å². The number of carboxylic acid groups (broad SMARTS) is 1. The fourth-order valence-electron chi connectivity index (χ4n) is 0.888. The molecular weight excluding hydrogens is 176 g/mol. The van der Waals surface area contributed by atoms with Crippen molar-refractivity contribution in [2.24, 2.45) is 0 Å². The minimum atomic E-state index is -1.14. The Balaban J connectivity index is 3.29. The number of carboxylic acids is 1. The number of nitrogens with one attached hydrogen (secondary N) is 2. The lowest BCUT2D eigenvalue weighted by Crippen LogP contribution is -2.25. The van der Waals surface area contributed by atoms with Gasteiger partial charge < -0.3 is 5.11 Å². The van der Waals surface area contributed by atoms with E-state index in [4.69, 9.17) is 5.11 Å². The van der Waals surface area contributed by atoms with Crippen molar-refractivity contribution in [1.29, 1.82) is 0 Å². The summed E-state index contributed by atoms with van der Waals surface area (Å²) < 4.78 is 0. The summed E-state index contributed by atoms with van der Waals surface area (Å²) in [7, 11) is 0. The molecule has 0 spiro atoms. The van der Waals surface area contributed by atoms with Gasteiger partial charge in [-0.25, -0.2) is 0 Å². The molecule has 0 aliphatic rings. The van der Waals surface area contributed by atoms with E-state index in [0.29, 0.717) is 0 Å². The standard InChI is InChI=1S/C7H8N2O4/c1-3(7(12)13)4-2-5(10)8-9-6(4)11/h2-3H,1H3,(H,8,10)(H,9,11)(H,12,13). The van der Waals surface area contributed by atoms with Crippen LogP contribution in [0.15, 0.2) is 15.7 Å². The highest BCUT2D eigenvalue weighted by atomic mass is 16.4. The summed E-state index contributed by atoms with van der Waals surface area (Å²) in [5.74, 6) is -2.12. The molecule has 1 unspecified atom stereocenters. The lowest BCUT2D eigenvalue weighted by Gasteiger charge is -2.02. The topological polar surface area (TPSA) is 103 Å². The van der Waals surface area contributed by atoms with Crippen LogP contribution in [-0.2, 0) is 4.79 Å². The van der Waals surface area contributed by atoms with Crippen LogP contribution in [0.1, 0.15) is 18.4 Å². The first kappa shape index (κ1) is 9.24. The molecule has 3 N–H and O–H groups in total. The first-order chi connectivity index (χ1) is 6.02. The number of carbonyl (C=O) groups is 1. The van der Waals surface area contributed by atoms with E-state index >= 15 is 0 Å². The van der Waals surface area contributed by atoms with Crippen molar-refractivity contribution in [1.82, 2.24) is 10.2 Å². The van der Waals surface area contributed by atoms with Crippen LogP contribution < -0.4 is 11.1 Å². The van der Waals surface area contributed by atoms with Crippen LogP contribution in [0, 0.1) is 0 Å². The summed E-state index contributed by atoms with van der Waals surface area (Å²) in [5, 5.41) is 12.7. The molecule has 13 heavy (non-hydrogen) atoms. The monoisotopic (exact) mass is 184 g/mol. The van der Waals surface area contributed by atoms with Crippen molar-refractivity contribution in [2.75, 3.05) is 0 Å². The Bertz CT molecular complexity index is 431. The average Bonchev–Trinajstić information content (AvgIpc) is 2.08. The van der Waals surface area contributed by atoms with Crippen LogP contribution in [0.2, 0.25) is 0 Å². The molecule has 1 aromatic heterocycles. The van der Waals surface area contributed by atoms with Gasteiger partial charge in [-0.2, -0.15) is 0 Å². The van der Waals surface area contributed by atoms with Gasteiger partial charge in [0.15, 0.2) is 0 Å². The summed E-state index contributed by atoms with van der Waals surface area (Å²) in [6.45, 7) is 1.34. The first-order valence-corrected chi connectivity index (χ1v) is 3.57. The van der Waals surface area contributed by atoms with Gasteiger partial charge in [-0.15, -0.1) is 0 Å². The molecule has 1 aromatic rings. The van der Waals surface area contributed by atoms with Crippen LogP contribution in [0.5, 0.6) is 0 Å². The van der Waals surface area contributed by atoms with Gasteiger partial charge in [-0.3, -0.25) is 24.6 Å². The Labute approximate surface area is 72.2 Å². The van der Waals surface area contributed by atoms with Gasteiger partial charge in [0.1, 0.15) is 0 Å². The van der Waals surface area contributed by atoms with E-state index in [-0.39, 0.29) is 5.56 Å². The molecule has 1 heterocycles. The second kappa shape index (κ2) is 3.26. The Kier molecular flexibility index (Phi) is 2.32. The summed E-state index contributed by atoms with van der Waals surface area (Å²) in [6, 6.07) is 0.984. The van der Waals surface area contributed by atoms with Crippen LogP contribution >= 0.6 is 0 Å². The van der Waals surface area contributed by atoms with Crippen LogP contribution in [-0.4, -0.2) is 21.3 Å². The molecular formula is C7H8N2O4. The molecule has 0 amide bonds. The van der Waals surface area contributed by atoms with Crippen molar-refractivity contribution >= 4 is 5.97 Å². The van der Waals surface area contributed by atoms with Gasteiger partial charge in [0.05, 0.1) is 5.92 Å². The lowest BCUT2D eigenvalue weighted by molar-refractivity contribution is -0.138. The number of rotatable bonds is 2. The van der Waals surface area contributed by atoms with Gasteiger partial charge in [-0.1, -0.05) is 0 Å². The van der Waals surface area contributed by atoms with Crippen LogP contribution in [0.4, 0.5) is 0 Å². The third kappa shape index (κ3) is 1.84. The molecule has 1 atom stereocenters. The van der Waals surface area contributed by atoms with Crippen molar-refractivity contribution < 1.29 is 9.90 Å². The van der Waals surface area contributed by atoms with E-state index in [1.807, 2.05) is 10.2 Å². The molecule has 70 valence electrons. The third-order valence-electron chi connectivity index (χ3n) is 1.68. The van der Waals surface area contributed by atoms with Crippen molar-refractivity contribution in [3.05, 3.63) is 32.3 Å². The smallest absolute Gasteiger partial charge is 0.310 e. The van der Waals surface area contributed by atoms with Crippen molar-refractivity contribution in [2.45, 2.75) is 12.8 Å². The summed E-state index contributed by atoms with van der Waals surface area (Å²) in [5.41, 5.74) is -1.16. The molecule has 0 radical (unpaired) electrons. The highest BCUT2D eigenvalue weighted by Gasteiger charge is 2.17. The van der Waals surface area contributed by atoms with Crippen LogP contribution in [0.25, 0.3) is 0 Å². The molecule has 0 aromatic carbocycles. The zero-order chi connectivity index (χ0) is 10.0. The summed E-state index contributed by atoms with van der Waals surface area (Å²) in [6.07, 6.45) is 0. The maximum Gasteiger partial charge on any atom is 0.310 e. The SMILES string of the molecule is CC(C(=O)O)c1cc(=O)[nH][nH]c1=O. The molecule has 0 saturated heterocycles. The molecule has 0 saturated carbocycles. The molecule has 6 nitrogen and oxygen atoms in total. The lowest BCUT2D eigenvalue weighted by atomic mass is 10.0. The zero-order valence-corrected chi connectivity index (χ0v) is 6.83. The predicted octanol–water partition coefficient (Wildman–Crippen LogP) is -0.749. The number of hydrogen-bond acceptors (Lipinski definition) is 3. The number of aliphatic carboxylic acids is 1. The maximum atomic E-state index is 11.0. The number of aromatic amines is 2. The Hall–Kier alpha value is -1.85. The fraction of sp³-hybridized carbons (Fsp3) is 0.286. The second-order valence-corrected chi connectivity index (χ2v) is 2.60. The van der Waals surface area contributed by atoms with E-state index in [2.05, 4.69) is 0 Å². The number of hydrogen-bond donors (Lipinski definition) is 3. The molecule has 1 rings (SSSR count). The fourth-order valence-corrected chi connectivity index (χ4v) is 0.888. The molecule has 0 aliphatic heterocycles. The van der Waals surface area contributed by atoms with E-state index in [0.717, 1.165) is 6.07 Å². The maximum absolute atomic E-state index is 11.0. The Morgan fingerprint density at radius 2 is 2.08 bits per heavy atom. The zero-order valence-electron chi connectivity index (χ0n) is 6.83. The Morgan fingerprint density at radius 1 is 1.46 bits per heavy atom. The van der Waals surface area contributed by atoms with Gasteiger partial charge in [-0.05, 0) is 6.92 Å². The van der Waals surface area contributed by atoms with Gasteiger partial charge in [0, 0.05) is 11.6 Å². The van der Waals surface area contributed by atoms with Crippen LogP contribution in [0.3, 0.4) is 0 Å². The van der Waals surface area contributed by atoms with E-state index < -0.39 is 23.0 Å². The van der Waals surface area contributed by atoms with Crippen molar-refractivity contribution in [3.63, 3.8) is 0 Å². The van der Waals surface area contributed by atoms with E-state index in [1.165, 1.54) is 6.92 Å². The second-order valence-electron chi connectivity index (χ2n) is 2.60. The predicted molar refractivity (Wildman–Crippen MR) is 43.7 cm³/mol. The largest absolute Gasteiger partial charge is 0.481 e. The summed E-state index contributed by atoms with van der Waals surface area (Å²) >= 11 is 0. The van der Waals surface area contributed by atoms with Gasteiger partial charge in [0.25, 0.3) is 11.1 Å². The third-order valence-corrected chi connectivity index (χ3v) is 1.68.